The Morgan fingerprint density at radius 1 is 1.00 bits per heavy atom. The van der Waals surface area contributed by atoms with Crippen LogP contribution in [0.3, 0.4) is 0 Å². The van der Waals surface area contributed by atoms with Gasteiger partial charge in [-0.3, -0.25) is 9.69 Å². The lowest BCUT2D eigenvalue weighted by Gasteiger charge is -2.20. The van der Waals surface area contributed by atoms with Crippen molar-refractivity contribution in [2.45, 2.75) is 44.6 Å². The summed E-state index contributed by atoms with van der Waals surface area (Å²) in [5.41, 5.74) is 2.10. The molecule has 2 aromatic carbocycles. The van der Waals surface area contributed by atoms with Gasteiger partial charge in [0.25, 0.3) is 0 Å². The van der Waals surface area contributed by atoms with Crippen molar-refractivity contribution in [1.29, 1.82) is 0 Å². The van der Waals surface area contributed by atoms with Gasteiger partial charge in [0.1, 0.15) is 5.75 Å². The third-order valence-electron chi connectivity index (χ3n) is 4.89. The number of ether oxygens (including phenoxy) is 1. The van der Waals surface area contributed by atoms with Crippen molar-refractivity contribution in [1.82, 2.24) is 14.9 Å². The van der Waals surface area contributed by atoms with E-state index in [0.29, 0.717) is 6.54 Å². The second-order valence-electron chi connectivity index (χ2n) is 7.17. The van der Waals surface area contributed by atoms with Gasteiger partial charge in [-0.2, -0.15) is 0 Å². The first-order chi connectivity index (χ1) is 15.5. The molecule has 0 unspecified atom stereocenters. The van der Waals surface area contributed by atoms with Gasteiger partial charge in [0.05, 0.1) is 4.90 Å². The quantitative estimate of drug-likeness (QED) is 0.479. The van der Waals surface area contributed by atoms with Crippen LogP contribution in [0.1, 0.15) is 31.4 Å². The molecule has 2 aromatic rings. The van der Waals surface area contributed by atoms with Crippen LogP contribution in [0.2, 0.25) is 0 Å². The van der Waals surface area contributed by atoms with Crippen molar-refractivity contribution >= 4 is 15.9 Å². The molecule has 11 heteroatoms. The molecule has 0 saturated heterocycles. The van der Waals surface area contributed by atoms with E-state index in [1.807, 2.05) is 24.3 Å². The number of hydrogen-bond donors (Lipinski definition) is 2. The first kappa shape index (κ1) is 26.6. The van der Waals surface area contributed by atoms with Crippen LogP contribution in [0, 0.1) is 0 Å². The standard InChI is InChI=1S/C22H28F3N3O4S/c1-3-28(4-2)16-18-8-6-5-7-17(18)15-26-21(29)13-14-27-33(30,31)20-11-9-19(10-12-20)32-22(23,24)25/h5-12,27H,3-4,13-16H2,1-2H3,(H,26,29). The van der Waals surface area contributed by atoms with E-state index in [9.17, 15) is 26.4 Å². The van der Waals surface area contributed by atoms with Crippen molar-refractivity contribution < 1.29 is 31.1 Å². The first-order valence-electron chi connectivity index (χ1n) is 10.5. The highest BCUT2D eigenvalue weighted by molar-refractivity contribution is 7.89. The van der Waals surface area contributed by atoms with Crippen LogP contribution in [0.25, 0.3) is 0 Å². The molecule has 0 radical (unpaired) electrons. The zero-order chi connectivity index (χ0) is 24.5. The van der Waals surface area contributed by atoms with Crippen molar-refractivity contribution in [3.05, 3.63) is 59.7 Å². The molecule has 0 bridgehead atoms. The fourth-order valence-electron chi connectivity index (χ4n) is 3.06. The minimum absolute atomic E-state index is 0.0906. The summed E-state index contributed by atoms with van der Waals surface area (Å²) in [5, 5.41) is 2.79. The SMILES string of the molecule is CCN(CC)Cc1ccccc1CNC(=O)CCNS(=O)(=O)c1ccc(OC(F)(F)F)cc1. The number of amides is 1. The van der Waals surface area contributed by atoms with Crippen LogP contribution < -0.4 is 14.8 Å². The number of nitrogens with one attached hydrogen (secondary N) is 2. The topological polar surface area (TPSA) is 87.7 Å². The van der Waals surface area contributed by atoms with E-state index in [2.05, 4.69) is 33.5 Å². The number of hydrogen-bond acceptors (Lipinski definition) is 5. The zero-order valence-corrected chi connectivity index (χ0v) is 19.3. The summed E-state index contributed by atoms with van der Waals surface area (Å²) in [6.45, 7) is 6.93. The second-order valence-corrected chi connectivity index (χ2v) is 8.94. The average Bonchev–Trinajstić information content (AvgIpc) is 2.76. The molecule has 0 atom stereocenters. The predicted octanol–water partition coefficient (Wildman–Crippen LogP) is 3.41. The summed E-state index contributed by atoms with van der Waals surface area (Å²) in [4.78, 5) is 14.2. The molecule has 0 heterocycles. The monoisotopic (exact) mass is 487 g/mol. The molecular formula is C22H28F3N3O4S. The number of sulfonamides is 1. The van der Waals surface area contributed by atoms with E-state index >= 15 is 0 Å². The number of benzene rings is 2. The summed E-state index contributed by atoms with van der Waals surface area (Å²) in [6.07, 6.45) is -4.95. The smallest absolute Gasteiger partial charge is 0.406 e. The molecule has 0 aliphatic rings. The van der Waals surface area contributed by atoms with Gasteiger partial charge in [0.2, 0.25) is 15.9 Å². The Balaban J connectivity index is 1.85. The van der Waals surface area contributed by atoms with E-state index in [-0.39, 0.29) is 23.8 Å². The molecule has 2 N–H and O–H groups in total. The number of carbonyl (C=O) groups excluding carboxylic acids is 1. The Kier molecular flexibility index (Phi) is 9.69. The van der Waals surface area contributed by atoms with Crippen LogP contribution in [0.4, 0.5) is 13.2 Å². The zero-order valence-electron chi connectivity index (χ0n) is 18.5. The van der Waals surface area contributed by atoms with E-state index in [4.69, 9.17) is 0 Å². The maximum Gasteiger partial charge on any atom is 0.573 e. The first-order valence-corrected chi connectivity index (χ1v) is 11.9. The van der Waals surface area contributed by atoms with Gasteiger partial charge in [-0.1, -0.05) is 38.1 Å². The van der Waals surface area contributed by atoms with E-state index in [1.165, 1.54) is 0 Å². The molecule has 0 fully saturated rings. The summed E-state index contributed by atoms with van der Waals surface area (Å²) >= 11 is 0. The van der Waals surface area contributed by atoms with Gasteiger partial charge >= 0.3 is 6.36 Å². The highest BCUT2D eigenvalue weighted by Gasteiger charge is 2.31. The Labute approximate surface area is 192 Å². The van der Waals surface area contributed by atoms with Gasteiger partial charge in [-0.05, 0) is 48.5 Å². The second kappa shape index (κ2) is 12.0. The molecule has 2 rings (SSSR count). The molecule has 0 spiro atoms. The minimum Gasteiger partial charge on any atom is -0.406 e. The summed E-state index contributed by atoms with van der Waals surface area (Å²) in [6, 6.07) is 11.6. The lowest BCUT2D eigenvalue weighted by molar-refractivity contribution is -0.274. The van der Waals surface area contributed by atoms with Crippen molar-refractivity contribution in [2.75, 3.05) is 19.6 Å². The highest BCUT2D eigenvalue weighted by Crippen LogP contribution is 2.23. The fourth-order valence-corrected chi connectivity index (χ4v) is 4.09. The largest absolute Gasteiger partial charge is 0.573 e. The van der Waals surface area contributed by atoms with Crippen LogP contribution in [-0.4, -0.2) is 45.2 Å². The Hall–Kier alpha value is -2.63. The lowest BCUT2D eigenvalue weighted by Crippen LogP contribution is -2.31. The van der Waals surface area contributed by atoms with Crippen molar-refractivity contribution in [3.8, 4) is 5.75 Å². The molecule has 33 heavy (non-hydrogen) atoms. The maximum atomic E-state index is 12.3. The molecule has 182 valence electrons. The van der Waals surface area contributed by atoms with Gasteiger partial charge in [0, 0.05) is 26.1 Å². The molecule has 0 aliphatic carbocycles. The third kappa shape index (κ3) is 9.03. The Morgan fingerprint density at radius 3 is 2.18 bits per heavy atom. The van der Waals surface area contributed by atoms with Crippen LogP contribution in [0.5, 0.6) is 5.75 Å². The van der Waals surface area contributed by atoms with Crippen molar-refractivity contribution in [2.24, 2.45) is 0 Å². The number of nitrogens with zero attached hydrogens (tertiary/aromatic N) is 1. The molecule has 7 nitrogen and oxygen atoms in total. The predicted molar refractivity (Wildman–Crippen MR) is 118 cm³/mol. The van der Waals surface area contributed by atoms with E-state index < -0.39 is 22.1 Å². The minimum atomic E-state index is -4.86. The van der Waals surface area contributed by atoms with Gasteiger partial charge in [-0.25, -0.2) is 13.1 Å². The van der Waals surface area contributed by atoms with Crippen LogP contribution >= 0.6 is 0 Å². The summed E-state index contributed by atoms with van der Waals surface area (Å²) < 4.78 is 67.2. The summed E-state index contributed by atoms with van der Waals surface area (Å²) in [5.74, 6) is -0.855. The normalized spacial score (nSPS) is 12.1. The third-order valence-corrected chi connectivity index (χ3v) is 6.37. The average molecular weight is 488 g/mol. The molecule has 0 saturated carbocycles. The van der Waals surface area contributed by atoms with Crippen LogP contribution in [0.15, 0.2) is 53.4 Å². The summed E-state index contributed by atoms with van der Waals surface area (Å²) in [7, 11) is -3.98. The highest BCUT2D eigenvalue weighted by atomic mass is 32.2. The Bertz CT molecular complexity index is 1010. The molecule has 1 amide bonds. The van der Waals surface area contributed by atoms with Gasteiger partial charge in [-0.15, -0.1) is 13.2 Å². The number of alkyl halides is 3. The van der Waals surface area contributed by atoms with Gasteiger partial charge in [0.15, 0.2) is 0 Å². The van der Waals surface area contributed by atoms with Crippen molar-refractivity contribution in [3.63, 3.8) is 0 Å². The number of carbonyl (C=O) groups is 1. The fraction of sp³-hybridized carbons (Fsp3) is 0.409. The lowest BCUT2D eigenvalue weighted by atomic mass is 10.1. The van der Waals surface area contributed by atoms with E-state index in [1.54, 1.807) is 0 Å². The molecule has 0 aliphatic heterocycles. The number of halogens is 3. The molecular weight excluding hydrogens is 459 g/mol. The number of rotatable bonds is 12. The van der Waals surface area contributed by atoms with E-state index in [0.717, 1.165) is 55.0 Å². The molecule has 0 aromatic heterocycles. The maximum absolute atomic E-state index is 12.3. The van der Waals surface area contributed by atoms with Gasteiger partial charge < -0.3 is 10.1 Å². The van der Waals surface area contributed by atoms with Crippen LogP contribution in [-0.2, 0) is 27.9 Å². The Morgan fingerprint density at radius 2 is 1.61 bits per heavy atom.